The van der Waals surface area contributed by atoms with Gasteiger partial charge in [-0.25, -0.2) is 9.67 Å². The zero-order valence-corrected chi connectivity index (χ0v) is 14.8. The summed E-state index contributed by atoms with van der Waals surface area (Å²) in [5.74, 6) is 2.21. The monoisotopic (exact) mass is 344 g/mol. The Balaban J connectivity index is 2.04. The second kappa shape index (κ2) is 7.09. The first-order valence-electron chi connectivity index (χ1n) is 7.84. The van der Waals surface area contributed by atoms with Crippen molar-refractivity contribution < 1.29 is 4.74 Å². The molecule has 0 aliphatic rings. The SMILES string of the molecule is COc1ccccc1-n1ncc2c(=O)[nH]c(SCCC(C)C)nc21. The van der Waals surface area contributed by atoms with Crippen LogP contribution < -0.4 is 10.3 Å². The third-order valence-electron chi connectivity index (χ3n) is 3.66. The first-order valence-corrected chi connectivity index (χ1v) is 8.83. The molecule has 0 radical (unpaired) electrons. The molecule has 0 bridgehead atoms. The molecular weight excluding hydrogens is 324 g/mol. The van der Waals surface area contributed by atoms with E-state index in [1.54, 1.807) is 23.6 Å². The third-order valence-corrected chi connectivity index (χ3v) is 4.57. The van der Waals surface area contributed by atoms with Gasteiger partial charge in [0.1, 0.15) is 16.8 Å². The van der Waals surface area contributed by atoms with Crippen molar-refractivity contribution in [1.82, 2.24) is 19.7 Å². The highest BCUT2D eigenvalue weighted by atomic mass is 32.2. The van der Waals surface area contributed by atoms with Gasteiger partial charge in [-0.1, -0.05) is 37.7 Å². The molecule has 6 nitrogen and oxygen atoms in total. The average Bonchev–Trinajstić information content (AvgIpc) is 2.99. The summed E-state index contributed by atoms with van der Waals surface area (Å²) >= 11 is 1.56. The predicted molar refractivity (Wildman–Crippen MR) is 96.2 cm³/mol. The Morgan fingerprint density at radius 2 is 2.12 bits per heavy atom. The van der Waals surface area contributed by atoms with E-state index in [9.17, 15) is 4.79 Å². The lowest BCUT2D eigenvalue weighted by Crippen LogP contribution is -2.10. The van der Waals surface area contributed by atoms with Crippen molar-refractivity contribution in [2.24, 2.45) is 5.92 Å². The molecule has 0 saturated carbocycles. The molecule has 2 aromatic heterocycles. The Morgan fingerprint density at radius 3 is 2.88 bits per heavy atom. The van der Waals surface area contributed by atoms with Crippen LogP contribution in [0.2, 0.25) is 0 Å². The van der Waals surface area contributed by atoms with Crippen LogP contribution in [0.1, 0.15) is 20.3 Å². The van der Waals surface area contributed by atoms with E-state index in [1.165, 1.54) is 6.20 Å². The predicted octanol–water partition coefficient (Wildman–Crippen LogP) is 3.26. The molecule has 3 aromatic rings. The third kappa shape index (κ3) is 3.31. The van der Waals surface area contributed by atoms with Crippen LogP contribution in [-0.4, -0.2) is 32.6 Å². The van der Waals surface area contributed by atoms with Gasteiger partial charge in [-0.15, -0.1) is 0 Å². The number of nitrogens with zero attached hydrogens (tertiary/aromatic N) is 3. The molecule has 126 valence electrons. The number of thioether (sulfide) groups is 1. The van der Waals surface area contributed by atoms with Gasteiger partial charge in [-0.05, 0) is 24.5 Å². The summed E-state index contributed by atoms with van der Waals surface area (Å²) in [6, 6.07) is 7.53. The summed E-state index contributed by atoms with van der Waals surface area (Å²) in [6.45, 7) is 4.35. The van der Waals surface area contributed by atoms with Crippen LogP contribution in [0.3, 0.4) is 0 Å². The Kier molecular flexibility index (Phi) is 4.89. The molecule has 1 aromatic carbocycles. The lowest BCUT2D eigenvalue weighted by atomic mass is 10.2. The van der Waals surface area contributed by atoms with E-state index in [4.69, 9.17) is 4.74 Å². The largest absolute Gasteiger partial charge is 0.494 e. The first kappa shape index (κ1) is 16.6. The number of fused-ring (bicyclic) bond motifs is 1. The fourth-order valence-electron chi connectivity index (χ4n) is 2.34. The van der Waals surface area contributed by atoms with Crippen molar-refractivity contribution in [3.8, 4) is 11.4 Å². The summed E-state index contributed by atoms with van der Waals surface area (Å²) in [4.78, 5) is 19.7. The molecule has 0 aliphatic heterocycles. The number of nitrogens with one attached hydrogen (secondary N) is 1. The van der Waals surface area contributed by atoms with Crippen LogP contribution in [0.15, 0.2) is 40.4 Å². The number of benzene rings is 1. The molecule has 0 atom stereocenters. The second-order valence-electron chi connectivity index (χ2n) is 5.87. The van der Waals surface area contributed by atoms with E-state index in [2.05, 4.69) is 28.9 Å². The number of methoxy groups -OCH3 is 1. The normalized spacial score (nSPS) is 11.3. The number of H-pyrrole nitrogens is 1. The molecule has 3 rings (SSSR count). The molecule has 0 saturated heterocycles. The van der Waals surface area contributed by atoms with Crippen molar-refractivity contribution in [3.63, 3.8) is 0 Å². The average molecular weight is 344 g/mol. The molecule has 0 unspecified atom stereocenters. The maximum Gasteiger partial charge on any atom is 0.262 e. The van der Waals surface area contributed by atoms with Crippen molar-refractivity contribution in [1.29, 1.82) is 0 Å². The lowest BCUT2D eigenvalue weighted by molar-refractivity contribution is 0.412. The van der Waals surface area contributed by atoms with E-state index < -0.39 is 0 Å². The maximum atomic E-state index is 12.3. The maximum absolute atomic E-state index is 12.3. The van der Waals surface area contributed by atoms with E-state index in [0.717, 1.165) is 17.9 Å². The van der Waals surface area contributed by atoms with Gasteiger partial charge >= 0.3 is 0 Å². The first-order chi connectivity index (χ1) is 11.6. The van der Waals surface area contributed by atoms with E-state index in [0.29, 0.717) is 27.9 Å². The van der Waals surface area contributed by atoms with Crippen LogP contribution in [0.25, 0.3) is 16.7 Å². The fraction of sp³-hybridized carbons (Fsp3) is 0.353. The summed E-state index contributed by atoms with van der Waals surface area (Å²) in [6.07, 6.45) is 2.61. The molecule has 24 heavy (non-hydrogen) atoms. The van der Waals surface area contributed by atoms with Crippen LogP contribution in [0.4, 0.5) is 0 Å². The van der Waals surface area contributed by atoms with Crippen molar-refractivity contribution >= 4 is 22.8 Å². The van der Waals surface area contributed by atoms with Crippen LogP contribution in [-0.2, 0) is 0 Å². The minimum atomic E-state index is -0.173. The van der Waals surface area contributed by atoms with Crippen LogP contribution in [0, 0.1) is 5.92 Å². The molecule has 1 N–H and O–H groups in total. The van der Waals surface area contributed by atoms with Gasteiger partial charge in [-0.3, -0.25) is 4.79 Å². The Morgan fingerprint density at radius 1 is 1.33 bits per heavy atom. The van der Waals surface area contributed by atoms with Crippen molar-refractivity contribution in [2.45, 2.75) is 25.4 Å². The number of aromatic amines is 1. The highest BCUT2D eigenvalue weighted by Crippen LogP contribution is 2.25. The minimum Gasteiger partial charge on any atom is -0.494 e. The van der Waals surface area contributed by atoms with Crippen molar-refractivity contribution in [3.05, 3.63) is 40.8 Å². The van der Waals surface area contributed by atoms with Gasteiger partial charge < -0.3 is 9.72 Å². The number of rotatable bonds is 6. The Hall–Kier alpha value is -2.28. The fourth-order valence-corrected chi connectivity index (χ4v) is 3.44. The minimum absolute atomic E-state index is 0.173. The quantitative estimate of drug-likeness (QED) is 0.549. The number of ether oxygens (including phenoxy) is 1. The summed E-state index contributed by atoms with van der Waals surface area (Å²) in [5.41, 5.74) is 1.12. The van der Waals surface area contributed by atoms with E-state index in [-0.39, 0.29) is 5.56 Å². The molecule has 0 fully saturated rings. The van der Waals surface area contributed by atoms with Gasteiger partial charge in [0.05, 0.1) is 13.3 Å². The molecular formula is C17H20N4O2S. The number of aromatic nitrogens is 4. The standard InChI is InChI=1S/C17H20N4O2S/c1-11(2)8-9-24-17-19-15-12(16(22)20-17)10-18-21(15)13-6-4-5-7-14(13)23-3/h4-7,10-11H,8-9H2,1-3H3,(H,19,20,22). The molecule has 2 heterocycles. The molecule has 0 aliphatic carbocycles. The summed E-state index contributed by atoms with van der Waals surface area (Å²) in [7, 11) is 1.61. The van der Waals surface area contributed by atoms with Crippen LogP contribution >= 0.6 is 11.8 Å². The van der Waals surface area contributed by atoms with Gasteiger partial charge in [0.25, 0.3) is 5.56 Å². The topological polar surface area (TPSA) is 72.8 Å². The second-order valence-corrected chi connectivity index (χ2v) is 6.95. The summed E-state index contributed by atoms with van der Waals surface area (Å²) in [5, 5.41) is 5.41. The lowest BCUT2D eigenvalue weighted by Gasteiger charge is -2.09. The Labute approximate surface area is 144 Å². The van der Waals surface area contributed by atoms with Crippen molar-refractivity contribution in [2.75, 3.05) is 12.9 Å². The number of para-hydroxylation sites is 2. The smallest absolute Gasteiger partial charge is 0.262 e. The highest BCUT2D eigenvalue weighted by Gasteiger charge is 2.14. The number of hydrogen-bond donors (Lipinski definition) is 1. The van der Waals surface area contributed by atoms with Gasteiger partial charge in [0, 0.05) is 5.75 Å². The highest BCUT2D eigenvalue weighted by molar-refractivity contribution is 7.99. The van der Waals surface area contributed by atoms with Gasteiger partial charge in [0.2, 0.25) is 0 Å². The Bertz CT molecular complexity index is 901. The zero-order chi connectivity index (χ0) is 17.1. The zero-order valence-electron chi connectivity index (χ0n) is 13.9. The number of hydrogen-bond acceptors (Lipinski definition) is 5. The molecule has 7 heteroatoms. The van der Waals surface area contributed by atoms with Crippen LogP contribution in [0.5, 0.6) is 5.75 Å². The van der Waals surface area contributed by atoms with Gasteiger partial charge in [-0.2, -0.15) is 5.10 Å². The van der Waals surface area contributed by atoms with E-state index in [1.807, 2.05) is 24.3 Å². The molecule has 0 spiro atoms. The molecule has 0 amide bonds. The summed E-state index contributed by atoms with van der Waals surface area (Å²) < 4.78 is 7.04. The van der Waals surface area contributed by atoms with Gasteiger partial charge in [0.15, 0.2) is 10.8 Å². The van der Waals surface area contributed by atoms with E-state index >= 15 is 0 Å².